The Bertz CT molecular complexity index is 1400. The number of hydrogen-bond acceptors (Lipinski definition) is 6. The lowest BCUT2D eigenvalue weighted by Gasteiger charge is -2.15. The third kappa shape index (κ3) is 5.24. The number of carboxylic acids is 1. The van der Waals surface area contributed by atoms with Crippen LogP contribution >= 0.6 is 0 Å². The summed E-state index contributed by atoms with van der Waals surface area (Å²) in [5.41, 5.74) is -1.43. The number of nitrogens with one attached hydrogen (secondary N) is 2. The van der Waals surface area contributed by atoms with Crippen molar-refractivity contribution in [3.05, 3.63) is 64.4 Å². The lowest BCUT2D eigenvalue weighted by molar-refractivity contribution is -0.137. The van der Waals surface area contributed by atoms with Gasteiger partial charge >= 0.3 is 24.3 Å². The van der Waals surface area contributed by atoms with E-state index in [1.807, 2.05) is 5.32 Å². The van der Waals surface area contributed by atoms with Gasteiger partial charge in [0.05, 0.1) is 12.1 Å². The van der Waals surface area contributed by atoms with Gasteiger partial charge in [0.15, 0.2) is 6.10 Å². The highest BCUT2D eigenvalue weighted by Crippen LogP contribution is 2.36. The zero-order valence-corrected chi connectivity index (χ0v) is 18.3. The first-order valence-electron chi connectivity index (χ1n) is 10.5. The number of halogens is 3. The molecule has 1 aliphatic heterocycles. The SMILES string of the molecule is O=C(O)CNC(=O)OCC1CN(c2ccc3cc(-c4ccccc4C(F)(F)F)[nH]c(=O)c3c2)C(=O)O1. The second-order valence-electron chi connectivity index (χ2n) is 7.79. The van der Waals surface area contributed by atoms with Crippen molar-refractivity contribution >= 4 is 34.6 Å². The first-order chi connectivity index (χ1) is 17.0. The number of cyclic esters (lactones) is 1. The van der Waals surface area contributed by atoms with E-state index in [0.717, 1.165) is 6.07 Å². The second kappa shape index (κ2) is 9.60. The number of nitrogens with zero attached hydrogens (tertiary/aromatic N) is 1. The van der Waals surface area contributed by atoms with Gasteiger partial charge in [0.1, 0.15) is 13.2 Å². The van der Waals surface area contributed by atoms with Crippen LogP contribution in [-0.4, -0.2) is 54.0 Å². The average Bonchev–Trinajstić information content (AvgIpc) is 3.21. The van der Waals surface area contributed by atoms with E-state index in [1.54, 1.807) is 0 Å². The molecule has 10 nitrogen and oxygen atoms in total. The van der Waals surface area contributed by atoms with Crippen LogP contribution in [0.15, 0.2) is 53.3 Å². The largest absolute Gasteiger partial charge is 0.480 e. The zero-order valence-electron chi connectivity index (χ0n) is 18.3. The molecule has 1 aromatic heterocycles. The van der Waals surface area contributed by atoms with Crippen LogP contribution in [0.4, 0.5) is 28.4 Å². The summed E-state index contributed by atoms with van der Waals surface area (Å²) in [5.74, 6) is -1.26. The van der Waals surface area contributed by atoms with Gasteiger partial charge in [-0.2, -0.15) is 13.2 Å². The number of carbonyl (C=O) groups excluding carboxylic acids is 2. The summed E-state index contributed by atoms with van der Waals surface area (Å²) in [7, 11) is 0. The molecule has 0 aliphatic carbocycles. The normalized spacial score (nSPS) is 15.6. The van der Waals surface area contributed by atoms with Crippen molar-refractivity contribution in [2.24, 2.45) is 0 Å². The fraction of sp³-hybridized carbons (Fsp3) is 0.217. The van der Waals surface area contributed by atoms with Crippen LogP contribution in [0.25, 0.3) is 22.0 Å². The first-order valence-corrected chi connectivity index (χ1v) is 10.5. The molecule has 2 heterocycles. The number of hydrogen-bond donors (Lipinski definition) is 3. The maximum absolute atomic E-state index is 13.4. The summed E-state index contributed by atoms with van der Waals surface area (Å²) < 4.78 is 50.2. The molecule has 2 aromatic carbocycles. The van der Waals surface area contributed by atoms with Crippen molar-refractivity contribution < 1.29 is 42.1 Å². The third-order valence-electron chi connectivity index (χ3n) is 5.32. The number of anilines is 1. The van der Waals surface area contributed by atoms with Crippen LogP contribution in [0.1, 0.15) is 5.56 Å². The number of alkyl halides is 3. The molecule has 3 N–H and O–H groups in total. The highest BCUT2D eigenvalue weighted by atomic mass is 19.4. The number of aromatic amines is 1. The van der Waals surface area contributed by atoms with Crippen molar-refractivity contribution in [1.29, 1.82) is 0 Å². The molecule has 0 spiro atoms. The van der Waals surface area contributed by atoms with Crippen molar-refractivity contribution in [3.8, 4) is 11.3 Å². The van der Waals surface area contributed by atoms with Crippen molar-refractivity contribution in [3.63, 3.8) is 0 Å². The Labute approximate surface area is 200 Å². The highest BCUT2D eigenvalue weighted by molar-refractivity contribution is 5.95. The minimum Gasteiger partial charge on any atom is -0.480 e. The maximum Gasteiger partial charge on any atom is 0.417 e. The Hall–Kier alpha value is -4.55. The fourth-order valence-electron chi connectivity index (χ4n) is 3.71. The van der Waals surface area contributed by atoms with E-state index in [1.165, 1.54) is 47.4 Å². The summed E-state index contributed by atoms with van der Waals surface area (Å²) in [6.07, 6.45) is -7.21. The molecule has 0 bridgehead atoms. The van der Waals surface area contributed by atoms with E-state index in [4.69, 9.17) is 14.6 Å². The van der Waals surface area contributed by atoms with Gasteiger partial charge in [0, 0.05) is 22.3 Å². The molecule has 1 saturated heterocycles. The molecule has 0 radical (unpaired) electrons. The van der Waals surface area contributed by atoms with Gasteiger partial charge in [0.2, 0.25) is 0 Å². The number of H-pyrrole nitrogens is 1. The van der Waals surface area contributed by atoms with Gasteiger partial charge in [-0.1, -0.05) is 24.3 Å². The standard InChI is InChI=1S/C23H18F3N3O7/c24-23(25,26)17-4-2-1-3-15(17)18-7-12-5-6-13(8-16(12)20(32)28-18)29-10-14(36-22(29)34)11-35-21(33)27-9-19(30)31/h1-8,14H,9-11H2,(H,27,33)(H,28,32)(H,30,31). The number of alkyl carbamates (subject to hydrolysis) is 1. The molecule has 0 saturated carbocycles. The van der Waals surface area contributed by atoms with Gasteiger partial charge in [0.25, 0.3) is 5.56 Å². The molecule has 2 amide bonds. The van der Waals surface area contributed by atoms with Crippen LogP contribution < -0.4 is 15.8 Å². The molecule has 1 unspecified atom stereocenters. The van der Waals surface area contributed by atoms with E-state index in [0.29, 0.717) is 11.1 Å². The second-order valence-corrected chi connectivity index (χ2v) is 7.79. The number of rotatable bonds is 6. The van der Waals surface area contributed by atoms with Crippen molar-refractivity contribution in [2.45, 2.75) is 12.3 Å². The molecular formula is C23H18F3N3O7. The predicted octanol–water partition coefficient (Wildman–Crippen LogP) is 3.35. The lowest BCUT2D eigenvalue weighted by Crippen LogP contribution is -2.33. The lowest BCUT2D eigenvalue weighted by atomic mass is 10.0. The molecule has 13 heteroatoms. The van der Waals surface area contributed by atoms with E-state index in [-0.39, 0.29) is 29.8 Å². The number of aliphatic carboxylic acids is 1. The maximum atomic E-state index is 13.4. The average molecular weight is 505 g/mol. The van der Waals surface area contributed by atoms with E-state index in [2.05, 4.69) is 4.98 Å². The Morgan fingerprint density at radius 3 is 2.64 bits per heavy atom. The molecule has 36 heavy (non-hydrogen) atoms. The van der Waals surface area contributed by atoms with Crippen molar-refractivity contribution in [2.75, 3.05) is 24.6 Å². The van der Waals surface area contributed by atoms with Crippen LogP contribution in [0.3, 0.4) is 0 Å². The Morgan fingerprint density at radius 1 is 1.17 bits per heavy atom. The molecule has 1 atom stereocenters. The van der Waals surface area contributed by atoms with Gasteiger partial charge in [-0.25, -0.2) is 9.59 Å². The number of fused-ring (bicyclic) bond motifs is 1. The summed E-state index contributed by atoms with van der Waals surface area (Å²) in [6, 6.07) is 10.7. The molecular weight excluding hydrogens is 487 g/mol. The minimum absolute atomic E-state index is 0.00727. The number of aromatic nitrogens is 1. The molecule has 1 aliphatic rings. The molecule has 3 aromatic rings. The molecule has 188 valence electrons. The van der Waals surface area contributed by atoms with Gasteiger partial charge in [-0.05, 0) is 29.7 Å². The third-order valence-corrected chi connectivity index (χ3v) is 5.32. The number of ether oxygens (including phenoxy) is 2. The van der Waals surface area contributed by atoms with Crippen LogP contribution in [0.5, 0.6) is 0 Å². The first kappa shape index (κ1) is 24.6. The van der Waals surface area contributed by atoms with Crippen LogP contribution in [0, 0.1) is 0 Å². The van der Waals surface area contributed by atoms with E-state index < -0.39 is 48.1 Å². The van der Waals surface area contributed by atoms with Crippen LogP contribution in [-0.2, 0) is 20.4 Å². The summed E-state index contributed by atoms with van der Waals surface area (Å²) in [4.78, 5) is 50.7. The van der Waals surface area contributed by atoms with E-state index >= 15 is 0 Å². The number of carboxylic acid groups (broad SMARTS) is 1. The quantitative estimate of drug-likeness (QED) is 0.467. The van der Waals surface area contributed by atoms with Gasteiger partial charge in [-0.3, -0.25) is 14.5 Å². The Kier molecular flexibility index (Phi) is 6.55. The Balaban J connectivity index is 1.54. The summed E-state index contributed by atoms with van der Waals surface area (Å²) in [5, 5.41) is 11.0. The minimum atomic E-state index is -4.61. The number of benzene rings is 2. The van der Waals surface area contributed by atoms with Gasteiger partial charge < -0.3 is 24.9 Å². The highest BCUT2D eigenvalue weighted by Gasteiger charge is 2.35. The number of amides is 2. The summed E-state index contributed by atoms with van der Waals surface area (Å²) in [6.45, 7) is -0.986. The Morgan fingerprint density at radius 2 is 1.92 bits per heavy atom. The monoisotopic (exact) mass is 505 g/mol. The topological polar surface area (TPSA) is 138 Å². The fourth-order valence-corrected chi connectivity index (χ4v) is 3.71. The summed E-state index contributed by atoms with van der Waals surface area (Å²) >= 11 is 0. The smallest absolute Gasteiger partial charge is 0.417 e. The predicted molar refractivity (Wildman–Crippen MR) is 120 cm³/mol. The van der Waals surface area contributed by atoms with Crippen molar-refractivity contribution in [1.82, 2.24) is 10.3 Å². The number of carbonyl (C=O) groups is 3. The molecule has 1 fully saturated rings. The number of pyridine rings is 1. The zero-order chi connectivity index (χ0) is 26.0. The van der Waals surface area contributed by atoms with Crippen LogP contribution in [0.2, 0.25) is 0 Å². The van der Waals surface area contributed by atoms with E-state index in [9.17, 15) is 32.3 Å². The molecule has 4 rings (SSSR count). The van der Waals surface area contributed by atoms with Gasteiger partial charge in [-0.15, -0.1) is 0 Å².